The number of thiazole rings is 1. The molecule has 1 aromatic heterocycles. The Morgan fingerprint density at radius 2 is 2.17 bits per heavy atom. The smallest absolute Gasteiger partial charge is 0.306 e. The fourth-order valence-corrected chi connectivity index (χ4v) is 3.28. The van der Waals surface area contributed by atoms with E-state index in [0.717, 1.165) is 34.5 Å². The van der Waals surface area contributed by atoms with Crippen LogP contribution in [0.15, 0.2) is 24.3 Å². The van der Waals surface area contributed by atoms with Gasteiger partial charge in [-0.3, -0.25) is 9.59 Å². The molecule has 1 aromatic carbocycles. The van der Waals surface area contributed by atoms with Gasteiger partial charge in [-0.1, -0.05) is 12.1 Å². The molecule has 0 spiro atoms. The van der Waals surface area contributed by atoms with E-state index in [1.807, 2.05) is 24.3 Å². The van der Waals surface area contributed by atoms with Crippen LogP contribution in [0.2, 0.25) is 0 Å². The van der Waals surface area contributed by atoms with E-state index in [1.54, 1.807) is 18.3 Å². The van der Waals surface area contributed by atoms with Crippen molar-refractivity contribution in [3.05, 3.63) is 29.3 Å². The van der Waals surface area contributed by atoms with E-state index in [2.05, 4.69) is 10.3 Å². The average Bonchev–Trinajstić information content (AvgIpc) is 3.23. The van der Waals surface area contributed by atoms with Crippen molar-refractivity contribution in [3.63, 3.8) is 0 Å². The largest absolute Gasteiger partial charge is 0.453 e. The Labute approximate surface area is 139 Å². The highest BCUT2D eigenvalue weighted by atomic mass is 32.1. The first kappa shape index (κ1) is 15.9. The van der Waals surface area contributed by atoms with Crippen LogP contribution in [0.3, 0.4) is 0 Å². The molecule has 1 heterocycles. The van der Waals surface area contributed by atoms with Crippen molar-refractivity contribution in [1.29, 1.82) is 0 Å². The average molecular weight is 332 g/mol. The molecule has 0 bridgehead atoms. The summed E-state index contributed by atoms with van der Waals surface area (Å²) in [6.45, 7) is 1.61. The molecular formula is C17H20N2O3S. The molecule has 1 saturated carbocycles. The van der Waals surface area contributed by atoms with Crippen LogP contribution >= 0.6 is 11.3 Å². The lowest BCUT2D eigenvalue weighted by Crippen LogP contribution is -2.37. The van der Waals surface area contributed by atoms with Gasteiger partial charge in [0.25, 0.3) is 5.91 Å². The van der Waals surface area contributed by atoms with Crippen molar-refractivity contribution in [1.82, 2.24) is 10.3 Å². The maximum atomic E-state index is 11.8. The van der Waals surface area contributed by atoms with Gasteiger partial charge in [0, 0.05) is 12.5 Å². The van der Waals surface area contributed by atoms with Crippen molar-refractivity contribution in [3.8, 4) is 0 Å². The Balaban J connectivity index is 1.40. The Kier molecular flexibility index (Phi) is 4.91. The van der Waals surface area contributed by atoms with Gasteiger partial charge in [0.15, 0.2) is 6.10 Å². The van der Waals surface area contributed by atoms with Gasteiger partial charge in [-0.2, -0.15) is 0 Å². The van der Waals surface area contributed by atoms with E-state index in [9.17, 15) is 9.59 Å². The van der Waals surface area contributed by atoms with Crippen LogP contribution in [0.5, 0.6) is 0 Å². The quantitative estimate of drug-likeness (QED) is 0.792. The second-order valence-corrected chi connectivity index (χ2v) is 6.96. The normalized spacial score (nSPS) is 15.3. The highest BCUT2D eigenvalue weighted by Gasteiger charge is 2.27. The third-order valence-corrected chi connectivity index (χ3v) is 4.81. The summed E-state index contributed by atoms with van der Waals surface area (Å²) < 4.78 is 6.33. The summed E-state index contributed by atoms with van der Waals surface area (Å²) in [6, 6.07) is 8.28. The standard InChI is InChI=1S/C17H20N2O3S/c1-11(17(21)18-12-9-10-12)22-16(20)8-4-7-15-19-13-5-2-3-6-14(13)23-15/h2-3,5-6,11-12H,4,7-10H2,1H3,(H,18,21)/t11-/m1/s1. The Hall–Kier alpha value is -1.95. The summed E-state index contributed by atoms with van der Waals surface area (Å²) in [4.78, 5) is 28.1. The number of nitrogens with one attached hydrogen (secondary N) is 1. The molecule has 1 aliphatic rings. The van der Waals surface area contributed by atoms with Crippen molar-refractivity contribution < 1.29 is 14.3 Å². The highest BCUT2D eigenvalue weighted by molar-refractivity contribution is 7.18. The second kappa shape index (κ2) is 7.08. The summed E-state index contributed by atoms with van der Waals surface area (Å²) in [5, 5.41) is 3.86. The predicted octanol–water partition coefficient (Wildman–Crippen LogP) is 2.83. The first-order valence-corrected chi connectivity index (χ1v) is 8.78. The minimum atomic E-state index is -0.717. The molecule has 23 heavy (non-hydrogen) atoms. The van der Waals surface area contributed by atoms with Crippen molar-refractivity contribution in [2.45, 2.75) is 51.2 Å². The summed E-state index contributed by atoms with van der Waals surface area (Å²) in [5.41, 5.74) is 1.00. The Morgan fingerprint density at radius 1 is 1.39 bits per heavy atom. The zero-order valence-corrected chi connectivity index (χ0v) is 13.9. The van der Waals surface area contributed by atoms with Gasteiger partial charge in [0.2, 0.25) is 0 Å². The van der Waals surface area contributed by atoms with Crippen LogP contribution < -0.4 is 5.32 Å². The van der Waals surface area contributed by atoms with Crippen molar-refractivity contribution in [2.75, 3.05) is 0 Å². The fraction of sp³-hybridized carbons (Fsp3) is 0.471. The van der Waals surface area contributed by atoms with Crippen LogP contribution in [0.1, 0.15) is 37.6 Å². The fourth-order valence-electron chi connectivity index (χ4n) is 2.27. The SMILES string of the molecule is C[C@@H](OC(=O)CCCc1nc2ccccc2s1)C(=O)NC1CC1. The molecule has 1 fully saturated rings. The number of para-hydroxylation sites is 1. The van der Waals surface area contributed by atoms with Crippen LogP contribution in [0.4, 0.5) is 0 Å². The molecule has 1 aliphatic carbocycles. The number of rotatable bonds is 7. The number of ether oxygens (including phenoxy) is 1. The lowest BCUT2D eigenvalue weighted by atomic mass is 10.2. The van der Waals surface area contributed by atoms with Crippen LogP contribution in [-0.2, 0) is 20.7 Å². The zero-order valence-electron chi connectivity index (χ0n) is 13.1. The number of nitrogens with zero attached hydrogens (tertiary/aromatic N) is 1. The van der Waals surface area contributed by atoms with E-state index in [0.29, 0.717) is 12.8 Å². The molecule has 0 unspecified atom stereocenters. The van der Waals surface area contributed by atoms with Gasteiger partial charge < -0.3 is 10.1 Å². The van der Waals surface area contributed by atoms with Gasteiger partial charge >= 0.3 is 5.97 Å². The minimum absolute atomic E-state index is 0.202. The number of carbonyl (C=O) groups excluding carboxylic acids is 2. The number of benzene rings is 1. The number of aromatic nitrogens is 1. The third kappa shape index (κ3) is 4.51. The first-order chi connectivity index (χ1) is 11.1. The zero-order chi connectivity index (χ0) is 16.2. The molecule has 3 rings (SSSR count). The highest BCUT2D eigenvalue weighted by Crippen LogP contribution is 2.23. The molecule has 2 aromatic rings. The summed E-state index contributed by atoms with van der Waals surface area (Å²) in [6.07, 6.45) is 3.05. The van der Waals surface area contributed by atoms with Gasteiger partial charge in [-0.15, -0.1) is 11.3 Å². The summed E-state index contributed by atoms with van der Waals surface area (Å²) in [5.74, 6) is -0.531. The molecule has 122 valence electrons. The monoisotopic (exact) mass is 332 g/mol. The lowest BCUT2D eigenvalue weighted by Gasteiger charge is -2.12. The van der Waals surface area contributed by atoms with Gasteiger partial charge in [-0.25, -0.2) is 4.98 Å². The van der Waals surface area contributed by atoms with E-state index in [-0.39, 0.29) is 17.9 Å². The predicted molar refractivity (Wildman–Crippen MR) is 89.3 cm³/mol. The third-order valence-electron chi connectivity index (χ3n) is 3.71. The number of amides is 1. The number of hydrogen-bond acceptors (Lipinski definition) is 5. The van der Waals surface area contributed by atoms with Gasteiger partial charge in [0.05, 0.1) is 15.2 Å². The number of hydrogen-bond donors (Lipinski definition) is 1. The molecule has 5 nitrogen and oxygen atoms in total. The molecule has 0 aliphatic heterocycles. The lowest BCUT2D eigenvalue weighted by molar-refractivity contribution is -0.154. The number of esters is 1. The van der Waals surface area contributed by atoms with E-state index in [4.69, 9.17) is 4.74 Å². The number of aryl methyl sites for hydroxylation is 1. The molecule has 0 radical (unpaired) electrons. The van der Waals surface area contributed by atoms with Crippen molar-refractivity contribution in [2.24, 2.45) is 0 Å². The first-order valence-electron chi connectivity index (χ1n) is 7.96. The van der Waals surface area contributed by atoms with E-state index < -0.39 is 6.10 Å². The Morgan fingerprint density at radius 3 is 2.91 bits per heavy atom. The van der Waals surface area contributed by atoms with Crippen LogP contribution in [-0.4, -0.2) is 29.0 Å². The minimum Gasteiger partial charge on any atom is -0.453 e. The number of fused-ring (bicyclic) bond motifs is 1. The molecular weight excluding hydrogens is 312 g/mol. The maximum Gasteiger partial charge on any atom is 0.306 e. The molecule has 1 N–H and O–H groups in total. The topological polar surface area (TPSA) is 68.3 Å². The van der Waals surface area contributed by atoms with Crippen LogP contribution in [0, 0.1) is 0 Å². The van der Waals surface area contributed by atoms with Gasteiger partial charge in [-0.05, 0) is 44.7 Å². The number of carbonyl (C=O) groups is 2. The molecule has 6 heteroatoms. The van der Waals surface area contributed by atoms with E-state index in [1.165, 1.54) is 0 Å². The molecule has 1 amide bonds. The van der Waals surface area contributed by atoms with Crippen LogP contribution in [0.25, 0.3) is 10.2 Å². The Bertz CT molecular complexity index is 676. The van der Waals surface area contributed by atoms with E-state index >= 15 is 0 Å². The van der Waals surface area contributed by atoms with Crippen molar-refractivity contribution >= 4 is 33.4 Å². The van der Waals surface area contributed by atoms with Gasteiger partial charge in [0.1, 0.15) is 0 Å². The summed E-state index contributed by atoms with van der Waals surface area (Å²) >= 11 is 1.65. The summed E-state index contributed by atoms with van der Waals surface area (Å²) in [7, 11) is 0. The second-order valence-electron chi connectivity index (χ2n) is 5.84. The maximum absolute atomic E-state index is 11.8. The molecule has 1 atom stereocenters. The molecule has 0 saturated heterocycles.